The van der Waals surface area contributed by atoms with Gasteiger partial charge in [-0.25, -0.2) is 22.4 Å². The number of hydrogen-bond acceptors (Lipinski definition) is 8. The first-order chi connectivity index (χ1) is 19.8. The van der Waals surface area contributed by atoms with E-state index in [1.54, 1.807) is 36.7 Å². The van der Waals surface area contributed by atoms with Gasteiger partial charge in [-0.15, -0.1) is 0 Å². The second-order valence-electron chi connectivity index (χ2n) is 12.5. The molecule has 2 aliphatic rings. The van der Waals surface area contributed by atoms with Gasteiger partial charge < -0.3 is 19.1 Å². The van der Waals surface area contributed by atoms with Crippen LogP contribution in [-0.2, 0) is 19.3 Å². The zero-order chi connectivity index (χ0) is 30.0. The Morgan fingerprint density at radius 1 is 0.857 bits per heavy atom. The van der Waals surface area contributed by atoms with E-state index in [4.69, 9.17) is 19.3 Å². The number of aromatic nitrogens is 3. The molecule has 5 heterocycles. The Labute approximate surface area is 248 Å². The van der Waals surface area contributed by atoms with Gasteiger partial charge in [0.2, 0.25) is 0 Å². The lowest BCUT2D eigenvalue weighted by Crippen LogP contribution is -2.44. The molecule has 9 nitrogen and oxygen atoms in total. The molecule has 0 spiro atoms. The number of anilines is 1. The van der Waals surface area contributed by atoms with Crippen LogP contribution >= 0.6 is 0 Å². The van der Waals surface area contributed by atoms with E-state index in [9.17, 15) is 8.42 Å². The molecule has 2 fully saturated rings. The van der Waals surface area contributed by atoms with Crippen LogP contribution < -0.4 is 10.4 Å². The van der Waals surface area contributed by atoms with Crippen molar-refractivity contribution in [2.24, 2.45) is 0 Å². The normalized spacial score (nSPS) is 19.1. The zero-order valence-electron chi connectivity index (χ0n) is 25.4. The van der Waals surface area contributed by atoms with Gasteiger partial charge in [0, 0.05) is 55.0 Å². The Balaban J connectivity index is 1.49. The van der Waals surface area contributed by atoms with Gasteiger partial charge >= 0.3 is 7.12 Å². The highest BCUT2D eigenvalue weighted by molar-refractivity contribution is 7.90. The Kier molecular flexibility index (Phi) is 7.00. The summed E-state index contributed by atoms with van der Waals surface area (Å²) in [6, 6.07) is 12.8. The van der Waals surface area contributed by atoms with E-state index in [2.05, 4.69) is 16.8 Å². The molecule has 11 heteroatoms. The van der Waals surface area contributed by atoms with Crippen molar-refractivity contribution in [1.82, 2.24) is 18.8 Å². The molecular formula is C31H38BN5O4S. The van der Waals surface area contributed by atoms with E-state index in [1.165, 1.54) is 3.97 Å². The van der Waals surface area contributed by atoms with Crippen molar-refractivity contribution in [2.75, 3.05) is 38.1 Å². The van der Waals surface area contributed by atoms with Crippen LogP contribution in [0.5, 0.6) is 0 Å². The standard InChI is InChI=1S/C31H38BN5O4S/c1-21-8-11-25(12-9-21)42(38,39)37-28(23-10-13-27(33-19-23)36-16-14-35(7)15-17-36)22(2)26-18-24(20-34-29(26)37)32-40-30(3,4)31(5,6)41-32/h8-13,18-20H,14-17H2,1-7H3. The molecule has 0 radical (unpaired) electrons. The van der Waals surface area contributed by atoms with Crippen molar-refractivity contribution in [1.29, 1.82) is 0 Å². The molecule has 0 bridgehead atoms. The monoisotopic (exact) mass is 587 g/mol. The highest BCUT2D eigenvalue weighted by atomic mass is 32.2. The third kappa shape index (κ3) is 4.82. The minimum Gasteiger partial charge on any atom is -0.399 e. The Morgan fingerprint density at radius 3 is 2.10 bits per heavy atom. The molecule has 0 aliphatic carbocycles. The number of likely N-dealkylation sites (N-methyl/N-ethyl adjacent to an activating group) is 1. The van der Waals surface area contributed by atoms with Crippen molar-refractivity contribution in [2.45, 2.75) is 57.6 Å². The average molecular weight is 588 g/mol. The molecule has 0 N–H and O–H groups in total. The fraction of sp³-hybridized carbons (Fsp3) is 0.419. The smallest absolute Gasteiger partial charge is 0.399 e. The van der Waals surface area contributed by atoms with Gasteiger partial charge in [-0.3, -0.25) is 0 Å². The third-order valence-corrected chi connectivity index (χ3v) is 10.7. The van der Waals surface area contributed by atoms with Gasteiger partial charge in [0.15, 0.2) is 5.65 Å². The molecule has 1 aromatic carbocycles. The number of nitrogens with zero attached hydrogens (tertiary/aromatic N) is 5. The van der Waals surface area contributed by atoms with E-state index < -0.39 is 28.3 Å². The van der Waals surface area contributed by atoms with Crippen LogP contribution in [-0.4, -0.2) is 78.8 Å². The first kappa shape index (κ1) is 28.9. The molecule has 4 aromatic rings. The van der Waals surface area contributed by atoms with Gasteiger partial charge in [0.05, 0.1) is 21.8 Å². The predicted octanol–water partition coefficient (Wildman–Crippen LogP) is 4.00. The van der Waals surface area contributed by atoms with Crippen LogP contribution in [0, 0.1) is 13.8 Å². The van der Waals surface area contributed by atoms with Gasteiger partial charge in [0.25, 0.3) is 10.0 Å². The van der Waals surface area contributed by atoms with Crippen LogP contribution in [0.3, 0.4) is 0 Å². The zero-order valence-corrected chi connectivity index (χ0v) is 26.2. The van der Waals surface area contributed by atoms with Gasteiger partial charge in [0.1, 0.15) is 5.82 Å². The summed E-state index contributed by atoms with van der Waals surface area (Å²) in [5.41, 5.74) is 3.10. The third-order valence-electron chi connectivity index (χ3n) is 8.98. The second kappa shape index (κ2) is 10.2. The summed E-state index contributed by atoms with van der Waals surface area (Å²) in [5, 5.41) is 0.719. The Hall–Kier alpha value is -3.25. The van der Waals surface area contributed by atoms with Gasteiger partial charge in [-0.05, 0) is 84.5 Å². The average Bonchev–Trinajstić information content (AvgIpc) is 3.37. The quantitative estimate of drug-likeness (QED) is 0.324. The van der Waals surface area contributed by atoms with Crippen LogP contribution in [0.1, 0.15) is 38.8 Å². The van der Waals surface area contributed by atoms with Crippen molar-refractivity contribution in [3.8, 4) is 11.3 Å². The summed E-state index contributed by atoms with van der Waals surface area (Å²) < 4.78 is 42.5. The molecule has 2 aliphatic heterocycles. The van der Waals surface area contributed by atoms with E-state index in [-0.39, 0.29) is 4.90 Å². The summed E-state index contributed by atoms with van der Waals surface area (Å²) in [7, 11) is -2.49. The lowest BCUT2D eigenvalue weighted by atomic mass is 9.80. The number of pyridine rings is 2. The van der Waals surface area contributed by atoms with Crippen molar-refractivity contribution in [3.63, 3.8) is 0 Å². The van der Waals surface area contributed by atoms with E-state index >= 15 is 0 Å². The molecule has 0 unspecified atom stereocenters. The summed E-state index contributed by atoms with van der Waals surface area (Å²) in [4.78, 5) is 14.3. The maximum absolute atomic E-state index is 14.3. The fourth-order valence-electron chi connectivity index (χ4n) is 5.54. The maximum atomic E-state index is 14.3. The van der Waals surface area contributed by atoms with Gasteiger partial charge in [-0.2, -0.15) is 0 Å². The van der Waals surface area contributed by atoms with Crippen LogP contribution in [0.15, 0.2) is 59.8 Å². The molecule has 0 amide bonds. The first-order valence-corrected chi connectivity index (χ1v) is 15.8. The number of aryl methyl sites for hydroxylation is 2. The molecule has 0 saturated carbocycles. The molecule has 0 atom stereocenters. The number of rotatable bonds is 5. The van der Waals surface area contributed by atoms with E-state index in [0.29, 0.717) is 16.9 Å². The Morgan fingerprint density at radius 2 is 1.50 bits per heavy atom. The minimum atomic E-state index is -4.00. The molecule has 6 rings (SSSR count). The topological polar surface area (TPSA) is 89.8 Å². The highest BCUT2D eigenvalue weighted by Gasteiger charge is 2.52. The van der Waals surface area contributed by atoms with Crippen LogP contribution in [0.2, 0.25) is 0 Å². The van der Waals surface area contributed by atoms with E-state index in [1.807, 2.05) is 59.7 Å². The SMILES string of the molecule is Cc1ccc(S(=O)(=O)n2c(-c3ccc(N4CCN(C)CC4)nc3)c(C)c3cc(B4OC(C)(C)C(C)(C)O4)cnc32)cc1. The molecule has 220 valence electrons. The lowest BCUT2D eigenvalue weighted by Gasteiger charge is -2.33. The maximum Gasteiger partial charge on any atom is 0.496 e. The van der Waals surface area contributed by atoms with Crippen molar-refractivity contribution in [3.05, 3.63) is 66.0 Å². The number of hydrogen-bond donors (Lipinski definition) is 0. The molecular weight excluding hydrogens is 549 g/mol. The number of piperazine rings is 1. The van der Waals surface area contributed by atoms with Crippen LogP contribution in [0.25, 0.3) is 22.3 Å². The number of fused-ring (bicyclic) bond motifs is 1. The first-order valence-electron chi connectivity index (χ1n) is 14.4. The summed E-state index contributed by atoms with van der Waals surface area (Å²) >= 11 is 0. The summed E-state index contributed by atoms with van der Waals surface area (Å²) in [6.45, 7) is 15.6. The van der Waals surface area contributed by atoms with Crippen molar-refractivity contribution >= 4 is 39.5 Å². The number of benzene rings is 1. The minimum absolute atomic E-state index is 0.199. The molecule has 42 heavy (non-hydrogen) atoms. The molecule has 2 saturated heterocycles. The molecule has 3 aromatic heterocycles. The summed E-state index contributed by atoms with van der Waals surface area (Å²) in [6.07, 6.45) is 3.43. The van der Waals surface area contributed by atoms with Gasteiger partial charge in [-0.1, -0.05) is 17.7 Å². The van der Waals surface area contributed by atoms with Crippen molar-refractivity contribution < 1.29 is 17.7 Å². The Bertz CT molecular complexity index is 1730. The fourth-order valence-corrected chi connectivity index (χ4v) is 7.08. The predicted molar refractivity (Wildman–Crippen MR) is 167 cm³/mol. The van der Waals surface area contributed by atoms with Crippen LogP contribution in [0.4, 0.5) is 5.82 Å². The second-order valence-corrected chi connectivity index (χ2v) is 14.3. The largest absolute Gasteiger partial charge is 0.496 e. The van der Waals surface area contributed by atoms with E-state index in [0.717, 1.165) is 54.0 Å². The lowest BCUT2D eigenvalue weighted by molar-refractivity contribution is 0.00578. The summed E-state index contributed by atoms with van der Waals surface area (Å²) in [5.74, 6) is 0.884. The highest BCUT2D eigenvalue weighted by Crippen LogP contribution is 2.38.